The summed E-state index contributed by atoms with van der Waals surface area (Å²) in [4.78, 5) is 35.4. The quantitative estimate of drug-likeness (QED) is 0.645. The molecule has 174 valence electrons. The number of likely N-dealkylation sites (tertiary alicyclic amines) is 1. The summed E-state index contributed by atoms with van der Waals surface area (Å²) in [6, 6.07) is 6.31. The van der Waals surface area contributed by atoms with Crippen LogP contribution in [-0.2, 0) is 11.3 Å². The topological polar surface area (TPSA) is 96.8 Å². The molecule has 8 heteroatoms. The van der Waals surface area contributed by atoms with Crippen LogP contribution in [0.2, 0.25) is 0 Å². The molecule has 8 nitrogen and oxygen atoms in total. The van der Waals surface area contributed by atoms with Gasteiger partial charge in [-0.15, -0.1) is 5.10 Å². The molecule has 3 heterocycles. The van der Waals surface area contributed by atoms with Crippen LogP contribution >= 0.6 is 0 Å². The van der Waals surface area contributed by atoms with E-state index in [9.17, 15) is 9.59 Å². The molecule has 0 radical (unpaired) electrons. The number of aryl methyl sites for hydroxylation is 2. The molecule has 2 aromatic heterocycles. The minimum atomic E-state index is -0.267. The fraction of sp³-hybridized carbons (Fsp3) is 0.560. The van der Waals surface area contributed by atoms with E-state index in [1.807, 2.05) is 4.90 Å². The minimum absolute atomic E-state index is 0.0208. The largest absolute Gasteiger partial charge is 0.342 e. The SMILES string of the molecule is Cc1ccc(C)c(Cn2nnc3c(=O)[nH]c(C4CCCN(C(=O)CC5CCCC5)C4)nc32)c1. The van der Waals surface area contributed by atoms with E-state index in [0.717, 1.165) is 30.5 Å². The first-order valence-electron chi connectivity index (χ1n) is 12.2. The zero-order valence-corrected chi connectivity index (χ0v) is 19.5. The number of H-pyrrole nitrogens is 1. The van der Waals surface area contributed by atoms with E-state index in [-0.39, 0.29) is 22.9 Å². The summed E-state index contributed by atoms with van der Waals surface area (Å²) in [6.07, 6.45) is 7.31. The molecular weight excluding hydrogens is 416 g/mol. The Hall–Kier alpha value is -3.03. The van der Waals surface area contributed by atoms with Crippen molar-refractivity contribution in [1.29, 1.82) is 0 Å². The molecule has 0 bridgehead atoms. The average molecular weight is 449 g/mol. The number of amides is 1. The summed E-state index contributed by atoms with van der Waals surface area (Å²) in [5.74, 6) is 1.44. The monoisotopic (exact) mass is 448 g/mol. The number of nitrogens with one attached hydrogen (secondary N) is 1. The summed E-state index contributed by atoms with van der Waals surface area (Å²) in [5.41, 5.74) is 3.97. The van der Waals surface area contributed by atoms with Crippen molar-refractivity contribution < 1.29 is 4.79 Å². The zero-order valence-electron chi connectivity index (χ0n) is 19.5. The Bertz CT molecular complexity index is 1220. The van der Waals surface area contributed by atoms with E-state index >= 15 is 0 Å². The van der Waals surface area contributed by atoms with Crippen LogP contribution in [0.5, 0.6) is 0 Å². The number of carbonyl (C=O) groups is 1. The van der Waals surface area contributed by atoms with Gasteiger partial charge in [0.25, 0.3) is 5.56 Å². The Labute approximate surface area is 193 Å². The van der Waals surface area contributed by atoms with E-state index in [2.05, 4.69) is 47.3 Å². The standard InChI is InChI=1S/C25H32N6O2/c1-16-9-10-17(2)20(12-16)15-31-24-22(28-29-31)25(33)27-23(26-24)19-8-5-11-30(14-19)21(32)13-18-6-3-4-7-18/h9-10,12,18-19H,3-8,11,13-15H2,1-2H3,(H,26,27,33). The number of rotatable bonds is 5. The number of aromatic amines is 1. The predicted molar refractivity (Wildman–Crippen MR) is 126 cm³/mol. The maximum absolute atomic E-state index is 12.9. The van der Waals surface area contributed by atoms with Crippen LogP contribution in [0.4, 0.5) is 0 Å². The third-order valence-electron chi connectivity index (χ3n) is 7.32. The Kier molecular flexibility index (Phi) is 6.00. The smallest absolute Gasteiger partial charge is 0.281 e. The van der Waals surface area contributed by atoms with Crippen LogP contribution in [-0.4, -0.2) is 48.9 Å². The fourth-order valence-electron chi connectivity index (χ4n) is 5.33. The molecule has 2 fully saturated rings. The second-order valence-electron chi connectivity index (χ2n) is 9.83. The minimum Gasteiger partial charge on any atom is -0.342 e. The summed E-state index contributed by atoms with van der Waals surface area (Å²) in [6.45, 7) is 6.04. The Morgan fingerprint density at radius 2 is 1.97 bits per heavy atom. The van der Waals surface area contributed by atoms with E-state index in [1.165, 1.54) is 31.2 Å². The molecule has 1 N–H and O–H groups in total. The summed E-state index contributed by atoms with van der Waals surface area (Å²) < 4.78 is 1.71. The molecular formula is C25H32N6O2. The molecule has 1 saturated heterocycles. The van der Waals surface area contributed by atoms with E-state index in [1.54, 1.807) is 4.68 Å². The highest BCUT2D eigenvalue weighted by atomic mass is 16.2. The van der Waals surface area contributed by atoms with Gasteiger partial charge in [-0.3, -0.25) is 9.59 Å². The van der Waals surface area contributed by atoms with E-state index < -0.39 is 0 Å². The second kappa shape index (κ2) is 9.08. The number of hydrogen-bond donors (Lipinski definition) is 1. The van der Waals surface area contributed by atoms with Crippen molar-refractivity contribution in [2.75, 3.05) is 13.1 Å². The highest BCUT2D eigenvalue weighted by Gasteiger charge is 2.29. The van der Waals surface area contributed by atoms with Gasteiger partial charge in [-0.25, -0.2) is 9.67 Å². The second-order valence-corrected chi connectivity index (χ2v) is 9.83. The van der Waals surface area contributed by atoms with Gasteiger partial charge in [0, 0.05) is 25.4 Å². The number of hydrogen-bond acceptors (Lipinski definition) is 5. The molecule has 1 atom stereocenters. The van der Waals surface area contributed by atoms with Crippen LogP contribution in [0, 0.1) is 19.8 Å². The number of fused-ring (bicyclic) bond motifs is 1. The lowest BCUT2D eigenvalue weighted by atomic mass is 9.95. The fourth-order valence-corrected chi connectivity index (χ4v) is 5.33. The number of aromatic nitrogens is 5. The Morgan fingerprint density at radius 3 is 2.79 bits per heavy atom. The highest BCUT2D eigenvalue weighted by molar-refractivity contribution is 5.76. The van der Waals surface area contributed by atoms with Gasteiger partial charge in [0.05, 0.1) is 6.54 Å². The van der Waals surface area contributed by atoms with Gasteiger partial charge in [-0.05, 0) is 56.6 Å². The molecule has 1 saturated carbocycles. The number of carbonyl (C=O) groups excluding carboxylic acids is 1. The number of benzene rings is 1. The van der Waals surface area contributed by atoms with Crippen molar-refractivity contribution >= 4 is 17.1 Å². The average Bonchev–Trinajstić information content (AvgIpc) is 3.47. The maximum atomic E-state index is 12.9. The first kappa shape index (κ1) is 21.8. The van der Waals surface area contributed by atoms with Crippen LogP contribution in [0.15, 0.2) is 23.0 Å². The first-order valence-corrected chi connectivity index (χ1v) is 12.2. The van der Waals surface area contributed by atoms with Gasteiger partial charge in [0.15, 0.2) is 11.2 Å². The van der Waals surface area contributed by atoms with Crippen LogP contribution in [0.1, 0.15) is 73.4 Å². The first-order chi connectivity index (χ1) is 16.0. The van der Waals surface area contributed by atoms with Gasteiger partial charge in [0.1, 0.15) is 5.82 Å². The Morgan fingerprint density at radius 1 is 1.15 bits per heavy atom. The lowest BCUT2D eigenvalue weighted by Crippen LogP contribution is -2.40. The van der Waals surface area contributed by atoms with Crippen molar-refractivity contribution in [2.24, 2.45) is 5.92 Å². The van der Waals surface area contributed by atoms with Gasteiger partial charge < -0.3 is 9.88 Å². The van der Waals surface area contributed by atoms with Gasteiger partial charge in [-0.2, -0.15) is 0 Å². The third-order valence-corrected chi connectivity index (χ3v) is 7.32. The zero-order chi connectivity index (χ0) is 22.9. The molecule has 5 rings (SSSR count). The van der Waals surface area contributed by atoms with Gasteiger partial charge in [-0.1, -0.05) is 41.8 Å². The van der Waals surface area contributed by atoms with Crippen molar-refractivity contribution in [2.45, 2.75) is 71.3 Å². The summed E-state index contributed by atoms with van der Waals surface area (Å²) in [5, 5.41) is 8.32. The predicted octanol–water partition coefficient (Wildman–Crippen LogP) is 3.47. The van der Waals surface area contributed by atoms with E-state index in [4.69, 9.17) is 4.98 Å². The van der Waals surface area contributed by atoms with Crippen molar-refractivity contribution in [3.8, 4) is 0 Å². The van der Waals surface area contributed by atoms with Crippen molar-refractivity contribution in [1.82, 2.24) is 29.9 Å². The van der Waals surface area contributed by atoms with Crippen molar-refractivity contribution in [3.63, 3.8) is 0 Å². The lowest BCUT2D eigenvalue weighted by Gasteiger charge is -2.33. The summed E-state index contributed by atoms with van der Waals surface area (Å²) in [7, 11) is 0. The van der Waals surface area contributed by atoms with Crippen LogP contribution in [0.3, 0.4) is 0 Å². The molecule has 1 amide bonds. The van der Waals surface area contributed by atoms with Gasteiger partial charge in [0.2, 0.25) is 5.91 Å². The molecule has 1 aliphatic heterocycles. The molecule has 33 heavy (non-hydrogen) atoms. The Balaban J connectivity index is 1.39. The van der Waals surface area contributed by atoms with Crippen LogP contribution < -0.4 is 5.56 Å². The maximum Gasteiger partial charge on any atom is 0.281 e. The van der Waals surface area contributed by atoms with Gasteiger partial charge >= 0.3 is 0 Å². The van der Waals surface area contributed by atoms with Crippen molar-refractivity contribution in [3.05, 3.63) is 51.1 Å². The third kappa shape index (κ3) is 4.56. The molecule has 0 spiro atoms. The molecule has 1 aromatic carbocycles. The number of piperidine rings is 1. The number of nitrogens with zero attached hydrogens (tertiary/aromatic N) is 5. The lowest BCUT2D eigenvalue weighted by molar-refractivity contribution is -0.133. The highest BCUT2D eigenvalue weighted by Crippen LogP contribution is 2.30. The molecule has 2 aliphatic rings. The van der Waals surface area contributed by atoms with Crippen LogP contribution in [0.25, 0.3) is 11.2 Å². The molecule has 1 aliphatic carbocycles. The molecule has 3 aromatic rings. The molecule has 1 unspecified atom stereocenters. The summed E-state index contributed by atoms with van der Waals surface area (Å²) >= 11 is 0. The van der Waals surface area contributed by atoms with E-state index in [0.29, 0.717) is 36.9 Å². The normalized spacial score (nSPS) is 19.5.